The number of halogens is 1. The van der Waals surface area contributed by atoms with Gasteiger partial charge in [-0.1, -0.05) is 77.8 Å². The summed E-state index contributed by atoms with van der Waals surface area (Å²) >= 11 is 7.69. The summed E-state index contributed by atoms with van der Waals surface area (Å²) in [6, 6.07) is 27.7. The summed E-state index contributed by atoms with van der Waals surface area (Å²) in [5.41, 5.74) is 5.63. The number of hydrogen-bond donors (Lipinski definition) is 0. The number of hydrogen-bond acceptors (Lipinski definition) is 4. The Labute approximate surface area is 196 Å². The Bertz CT molecular complexity index is 1280. The lowest BCUT2D eigenvalue weighted by molar-refractivity contribution is -0.115. The van der Waals surface area contributed by atoms with Gasteiger partial charge in [0.15, 0.2) is 0 Å². The van der Waals surface area contributed by atoms with Gasteiger partial charge < -0.3 is 0 Å². The molecule has 3 aromatic carbocycles. The molecule has 1 aliphatic heterocycles. The molecule has 2 heterocycles. The molecule has 158 valence electrons. The number of aromatic nitrogens is 2. The Kier molecular flexibility index (Phi) is 5.68. The van der Waals surface area contributed by atoms with Crippen molar-refractivity contribution in [3.63, 3.8) is 0 Å². The molecule has 4 aromatic rings. The highest BCUT2D eigenvalue weighted by Crippen LogP contribution is 2.41. The lowest BCUT2D eigenvalue weighted by atomic mass is 10.1. The van der Waals surface area contributed by atoms with Crippen LogP contribution in [0, 0.1) is 6.92 Å². The molecule has 0 N–H and O–H groups in total. The van der Waals surface area contributed by atoms with Crippen LogP contribution < -0.4 is 4.90 Å². The van der Waals surface area contributed by atoms with E-state index in [1.54, 1.807) is 16.7 Å². The molecular weight excluding hydrogens is 438 g/mol. The molecule has 1 aromatic heterocycles. The van der Waals surface area contributed by atoms with Gasteiger partial charge in [-0.15, -0.1) is 11.8 Å². The SMILES string of the molecule is Cc1cccc(-c2cc(-c3ccc(Cl)cc3)nc(N3C(=O)CSC3c3ccccc3)n2)c1. The van der Waals surface area contributed by atoms with Crippen LogP contribution in [0.2, 0.25) is 5.02 Å². The number of benzene rings is 3. The molecule has 32 heavy (non-hydrogen) atoms. The Morgan fingerprint density at radius 1 is 0.875 bits per heavy atom. The zero-order valence-electron chi connectivity index (χ0n) is 17.4. The highest BCUT2D eigenvalue weighted by atomic mass is 35.5. The quantitative estimate of drug-likeness (QED) is 0.348. The number of amides is 1. The second kappa shape index (κ2) is 8.77. The van der Waals surface area contributed by atoms with E-state index in [9.17, 15) is 4.79 Å². The van der Waals surface area contributed by atoms with E-state index in [0.717, 1.165) is 33.6 Å². The minimum absolute atomic E-state index is 0.00676. The Morgan fingerprint density at radius 2 is 1.59 bits per heavy atom. The van der Waals surface area contributed by atoms with Crippen molar-refractivity contribution in [3.8, 4) is 22.5 Å². The van der Waals surface area contributed by atoms with Gasteiger partial charge in [0.05, 0.1) is 17.1 Å². The highest BCUT2D eigenvalue weighted by Gasteiger charge is 2.36. The number of carbonyl (C=O) groups excluding carboxylic acids is 1. The zero-order valence-corrected chi connectivity index (χ0v) is 19.0. The van der Waals surface area contributed by atoms with Gasteiger partial charge >= 0.3 is 0 Å². The first-order valence-electron chi connectivity index (χ1n) is 10.3. The molecule has 0 radical (unpaired) electrons. The molecule has 1 aliphatic rings. The van der Waals surface area contributed by atoms with Crippen molar-refractivity contribution in [3.05, 3.63) is 101 Å². The molecule has 0 bridgehead atoms. The van der Waals surface area contributed by atoms with Gasteiger partial charge in [-0.05, 0) is 36.8 Å². The van der Waals surface area contributed by atoms with E-state index in [-0.39, 0.29) is 11.3 Å². The summed E-state index contributed by atoms with van der Waals surface area (Å²) in [5, 5.41) is 0.506. The fourth-order valence-electron chi connectivity index (χ4n) is 3.77. The molecule has 1 unspecified atom stereocenters. The van der Waals surface area contributed by atoms with E-state index >= 15 is 0 Å². The van der Waals surface area contributed by atoms with E-state index in [0.29, 0.717) is 16.7 Å². The fraction of sp³-hybridized carbons (Fsp3) is 0.115. The topological polar surface area (TPSA) is 46.1 Å². The predicted octanol–water partition coefficient (Wildman–Crippen LogP) is 6.55. The van der Waals surface area contributed by atoms with Gasteiger partial charge in [0.25, 0.3) is 0 Å². The van der Waals surface area contributed by atoms with Crippen molar-refractivity contribution in [2.24, 2.45) is 0 Å². The molecule has 1 amide bonds. The summed E-state index contributed by atoms with van der Waals surface area (Å²) in [7, 11) is 0. The predicted molar refractivity (Wildman–Crippen MR) is 132 cm³/mol. The number of thioether (sulfide) groups is 1. The highest BCUT2D eigenvalue weighted by molar-refractivity contribution is 8.00. The molecule has 6 heteroatoms. The van der Waals surface area contributed by atoms with Crippen LogP contribution in [0.4, 0.5) is 5.95 Å². The van der Waals surface area contributed by atoms with E-state index in [1.807, 2.05) is 72.8 Å². The molecule has 0 saturated carbocycles. The largest absolute Gasteiger partial charge is 0.273 e. The molecule has 1 fully saturated rings. The maximum atomic E-state index is 13.0. The van der Waals surface area contributed by atoms with Crippen molar-refractivity contribution < 1.29 is 4.79 Å². The van der Waals surface area contributed by atoms with Gasteiger partial charge in [-0.2, -0.15) is 0 Å². The van der Waals surface area contributed by atoms with Gasteiger partial charge in [-0.3, -0.25) is 9.69 Å². The summed E-state index contributed by atoms with van der Waals surface area (Å²) in [4.78, 5) is 24.4. The average molecular weight is 458 g/mol. The normalized spacial score (nSPS) is 15.9. The van der Waals surface area contributed by atoms with Gasteiger partial charge in [0.1, 0.15) is 5.37 Å². The van der Waals surface area contributed by atoms with Crippen LogP contribution in [0.1, 0.15) is 16.5 Å². The third-order valence-electron chi connectivity index (χ3n) is 5.34. The average Bonchev–Trinajstić information content (AvgIpc) is 3.21. The second-order valence-electron chi connectivity index (χ2n) is 7.65. The number of carbonyl (C=O) groups is 1. The number of nitrogens with zero attached hydrogens (tertiary/aromatic N) is 3. The van der Waals surface area contributed by atoms with Crippen LogP contribution in [-0.4, -0.2) is 21.6 Å². The molecule has 5 rings (SSSR count). The van der Waals surface area contributed by atoms with Crippen molar-refractivity contribution in [2.75, 3.05) is 10.7 Å². The summed E-state index contributed by atoms with van der Waals surface area (Å²) in [6.07, 6.45) is 0. The van der Waals surface area contributed by atoms with Crippen molar-refractivity contribution in [1.29, 1.82) is 0 Å². The zero-order chi connectivity index (χ0) is 22.1. The smallest absolute Gasteiger partial charge is 0.240 e. The lowest BCUT2D eigenvalue weighted by Crippen LogP contribution is -2.29. The van der Waals surface area contributed by atoms with E-state index < -0.39 is 0 Å². The standard InChI is InChI=1S/C26H20ClN3OS/c1-17-6-5-9-20(14-17)23-15-22(18-10-12-21(27)13-11-18)28-26(29-23)30-24(31)16-32-25(30)19-7-3-2-4-8-19/h2-15,25H,16H2,1H3. The molecule has 0 aliphatic carbocycles. The molecular formula is C26H20ClN3OS. The van der Waals surface area contributed by atoms with Crippen LogP contribution in [0.3, 0.4) is 0 Å². The maximum absolute atomic E-state index is 13.0. The van der Waals surface area contributed by atoms with Crippen LogP contribution in [-0.2, 0) is 4.79 Å². The minimum Gasteiger partial charge on any atom is -0.273 e. The van der Waals surface area contributed by atoms with Gasteiger partial charge in [0, 0.05) is 16.1 Å². The summed E-state index contributed by atoms with van der Waals surface area (Å²) < 4.78 is 0. The minimum atomic E-state index is -0.158. The van der Waals surface area contributed by atoms with Crippen LogP contribution in [0.5, 0.6) is 0 Å². The van der Waals surface area contributed by atoms with Crippen molar-refractivity contribution >= 4 is 35.2 Å². The van der Waals surface area contributed by atoms with E-state index in [2.05, 4.69) is 19.1 Å². The van der Waals surface area contributed by atoms with Crippen molar-refractivity contribution in [1.82, 2.24) is 9.97 Å². The number of rotatable bonds is 4. The third-order valence-corrected chi connectivity index (χ3v) is 6.80. The molecule has 1 saturated heterocycles. The summed E-state index contributed by atoms with van der Waals surface area (Å²) in [5.74, 6) is 0.818. The Morgan fingerprint density at radius 3 is 2.31 bits per heavy atom. The lowest BCUT2D eigenvalue weighted by Gasteiger charge is -2.23. The van der Waals surface area contributed by atoms with E-state index in [4.69, 9.17) is 21.6 Å². The Balaban J connectivity index is 1.67. The molecule has 1 atom stereocenters. The fourth-order valence-corrected chi connectivity index (χ4v) is 5.04. The van der Waals surface area contributed by atoms with Gasteiger partial charge in [0.2, 0.25) is 11.9 Å². The maximum Gasteiger partial charge on any atom is 0.240 e. The first-order chi connectivity index (χ1) is 15.6. The Hall–Kier alpha value is -3.15. The third kappa shape index (κ3) is 4.14. The number of aryl methyl sites for hydroxylation is 1. The van der Waals surface area contributed by atoms with E-state index in [1.165, 1.54) is 0 Å². The first-order valence-corrected chi connectivity index (χ1v) is 11.7. The van der Waals surface area contributed by atoms with Gasteiger partial charge in [-0.25, -0.2) is 9.97 Å². The van der Waals surface area contributed by atoms with Crippen LogP contribution in [0.15, 0.2) is 84.9 Å². The second-order valence-corrected chi connectivity index (χ2v) is 9.16. The molecule has 0 spiro atoms. The first kappa shape index (κ1) is 20.7. The van der Waals surface area contributed by atoms with Crippen LogP contribution >= 0.6 is 23.4 Å². The van der Waals surface area contributed by atoms with Crippen LogP contribution in [0.25, 0.3) is 22.5 Å². The number of anilines is 1. The monoisotopic (exact) mass is 457 g/mol. The van der Waals surface area contributed by atoms with Crippen molar-refractivity contribution in [2.45, 2.75) is 12.3 Å². The summed E-state index contributed by atoms with van der Waals surface area (Å²) in [6.45, 7) is 2.05. The molecule has 4 nitrogen and oxygen atoms in total.